The molecule has 0 bridgehead atoms. The van der Waals surface area contributed by atoms with Crippen LogP contribution in [-0.4, -0.2) is 17.8 Å². The van der Waals surface area contributed by atoms with Crippen molar-refractivity contribution in [2.45, 2.75) is 61.6 Å². The van der Waals surface area contributed by atoms with E-state index in [1.807, 2.05) is 0 Å². The molecule has 2 atom stereocenters. The Hall–Kier alpha value is -0.470. The predicted octanol–water partition coefficient (Wildman–Crippen LogP) is 4.26. The van der Waals surface area contributed by atoms with Gasteiger partial charge in [-0.1, -0.05) is 38.0 Å². The van der Waals surface area contributed by atoms with E-state index >= 15 is 0 Å². The Balaban J connectivity index is 1.59. The van der Waals surface area contributed by atoms with Crippen LogP contribution in [0.2, 0.25) is 0 Å². The number of benzene rings is 1. The summed E-state index contributed by atoms with van der Waals surface area (Å²) in [6, 6.07) is 9.66. The summed E-state index contributed by atoms with van der Waals surface area (Å²) in [7, 11) is 0. The van der Waals surface area contributed by atoms with Gasteiger partial charge in [-0.3, -0.25) is 0 Å². The minimum Gasteiger partial charge on any atom is -0.313 e. The van der Waals surface area contributed by atoms with Gasteiger partial charge in [0, 0.05) is 16.2 Å². The van der Waals surface area contributed by atoms with Crippen LogP contribution in [0, 0.1) is 5.92 Å². The van der Waals surface area contributed by atoms with Gasteiger partial charge >= 0.3 is 0 Å². The maximum absolute atomic E-state index is 3.81. The SMILES string of the molecule is CCCNC(CCC1CC1)C1Cc2ccccc2S1. The summed E-state index contributed by atoms with van der Waals surface area (Å²) in [5, 5.41) is 4.56. The largest absolute Gasteiger partial charge is 0.313 e. The van der Waals surface area contributed by atoms with Crippen molar-refractivity contribution in [2.24, 2.45) is 5.92 Å². The summed E-state index contributed by atoms with van der Waals surface area (Å²) in [5.41, 5.74) is 1.56. The van der Waals surface area contributed by atoms with Gasteiger partial charge in [-0.25, -0.2) is 0 Å². The monoisotopic (exact) mass is 275 g/mol. The van der Waals surface area contributed by atoms with E-state index < -0.39 is 0 Å². The number of rotatable bonds is 7. The van der Waals surface area contributed by atoms with Crippen molar-refractivity contribution in [2.75, 3.05) is 6.54 Å². The molecule has 0 saturated heterocycles. The Morgan fingerprint density at radius 3 is 2.89 bits per heavy atom. The van der Waals surface area contributed by atoms with E-state index in [0.29, 0.717) is 6.04 Å². The van der Waals surface area contributed by atoms with Gasteiger partial charge in [-0.2, -0.15) is 0 Å². The highest BCUT2D eigenvalue weighted by Crippen LogP contribution is 2.41. The molecule has 1 fully saturated rings. The van der Waals surface area contributed by atoms with E-state index in [9.17, 15) is 0 Å². The molecule has 1 heterocycles. The maximum Gasteiger partial charge on any atom is 0.0289 e. The molecule has 3 rings (SSSR count). The molecule has 1 N–H and O–H groups in total. The summed E-state index contributed by atoms with van der Waals surface area (Å²) >= 11 is 2.10. The lowest BCUT2D eigenvalue weighted by Gasteiger charge is -2.24. The zero-order valence-corrected chi connectivity index (χ0v) is 12.7. The van der Waals surface area contributed by atoms with Crippen molar-refractivity contribution < 1.29 is 0 Å². The average molecular weight is 275 g/mol. The lowest BCUT2D eigenvalue weighted by molar-refractivity contribution is 0.442. The molecule has 2 aliphatic rings. The molecule has 0 aromatic heterocycles. The fraction of sp³-hybridized carbons (Fsp3) is 0.647. The maximum atomic E-state index is 3.81. The molecule has 1 aliphatic carbocycles. The molecule has 0 radical (unpaired) electrons. The highest BCUT2D eigenvalue weighted by Gasteiger charge is 2.30. The quantitative estimate of drug-likeness (QED) is 0.798. The van der Waals surface area contributed by atoms with Gasteiger partial charge in [0.25, 0.3) is 0 Å². The molecular formula is C17H25NS. The molecule has 1 nitrogen and oxygen atoms in total. The normalized spacial score (nSPS) is 23.3. The average Bonchev–Trinajstić information content (AvgIpc) is 3.16. The second-order valence-electron chi connectivity index (χ2n) is 6.05. The van der Waals surface area contributed by atoms with Gasteiger partial charge in [0.1, 0.15) is 0 Å². The second-order valence-corrected chi connectivity index (χ2v) is 7.33. The van der Waals surface area contributed by atoms with Crippen LogP contribution in [0.4, 0.5) is 0 Å². The summed E-state index contributed by atoms with van der Waals surface area (Å²) in [4.78, 5) is 1.52. The molecule has 104 valence electrons. The predicted molar refractivity (Wildman–Crippen MR) is 83.8 cm³/mol. The number of nitrogens with one attached hydrogen (secondary N) is 1. The lowest BCUT2D eigenvalue weighted by atomic mass is 10.00. The molecule has 1 aromatic carbocycles. The first-order valence-electron chi connectivity index (χ1n) is 7.84. The fourth-order valence-corrected chi connectivity index (χ4v) is 4.45. The summed E-state index contributed by atoms with van der Waals surface area (Å²) in [5.74, 6) is 1.06. The van der Waals surface area contributed by atoms with Crippen molar-refractivity contribution in [3.05, 3.63) is 29.8 Å². The molecule has 2 unspecified atom stereocenters. The van der Waals surface area contributed by atoms with E-state index in [1.165, 1.54) is 50.0 Å². The smallest absolute Gasteiger partial charge is 0.0289 e. The van der Waals surface area contributed by atoms with Crippen molar-refractivity contribution in [3.8, 4) is 0 Å². The first kappa shape index (κ1) is 13.5. The van der Waals surface area contributed by atoms with E-state index in [-0.39, 0.29) is 0 Å². The molecule has 2 heteroatoms. The third-order valence-corrected chi connectivity index (χ3v) is 5.81. The van der Waals surface area contributed by atoms with Gasteiger partial charge < -0.3 is 5.32 Å². The number of fused-ring (bicyclic) bond motifs is 1. The standard InChI is InChI=1S/C17H25NS/c1-2-11-18-15(10-9-13-7-8-13)17-12-14-5-3-4-6-16(14)19-17/h3-6,13,15,17-18H,2,7-12H2,1H3. The Morgan fingerprint density at radius 2 is 2.16 bits per heavy atom. The Morgan fingerprint density at radius 1 is 1.32 bits per heavy atom. The molecule has 0 spiro atoms. The van der Waals surface area contributed by atoms with Crippen molar-refractivity contribution in [1.82, 2.24) is 5.32 Å². The van der Waals surface area contributed by atoms with Gasteiger partial charge in [-0.15, -0.1) is 11.8 Å². The van der Waals surface area contributed by atoms with Crippen LogP contribution in [0.15, 0.2) is 29.2 Å². The number of hydrogen-bond acceptors (Lipinski definition) is 2. The highest BCUT2D eigenvalue weighted by atomic mass is 32.2. The molecule has 19 heavy (non-hydrogen) atoms. The first-order chi connectivity index (χ1) is 9.36. The third-order valence-electron chi connectivity index (χ3n) is 4.36. The molecular weight excluding hydrogens is 250 g/mol. The second kappa shape index (κ2) is 6.32. The summed E-state index contributed by atoms with van der Waals surface area (Å²) in [6.45, 7) is 3.43. The molecule has 1 aliphatic heterocycles. The van der Waals surface area contributed by atoms with E-state index in [0.717, 1.165) is 11.2 Å². The van der Waals surface area contributed by atoms with Crippen LogP contribution in [0.1, 0.15) is 44.6 Å². The van der Waals surface area contributed by atoms with Crippen LogP contribution in [0.3, 0.4) is 0 Å². The minimum atomic E-state index is 0.706. The first-order valence-corrected chi connectivity index (χ1v) is 8.72. The Labute approximate surface area is 121 Å². The highest BCUT2D eigenvalue weighted by molar-refractivity contribution is 8.00. The van der Waals surface area contributed by atoms with Crippen LogP contribution >= 0.6 is 11.8 Å². The van der Waals surface area contributed by atoms with Crippen molar-refractivity contribution >= 4 is 11.8 Å². The number of thioether (sulfide) groups is 1. The zero-order chi connectivity index (χ0) is 13.1. The van der Waals surface area contributed by atoms with Crippen molar-refractivity contribution in [1.29, 1.82) is 0 Å². The summed E-state index contributed by atoms with van der Waals surface area (Å²) in [6.07, 6.45) is 8.28. The van der Waals surface area contributed by atoms with E-state index in [2.05, 4.69) is 48.3 Å². The van der Waals surface area contributed by atoms with Crippen LogP contribution in [0.5, 0.6) is 0 Å². The third kappa shape index (κ3) is 3.55. The number of hydrogen-bond donors (Lipinski definition) is 1. The van der Waals surface area contributed by atoms with E-state index in [4.69, 9.17) is 0 Å². The Bertz CT molecular complexity index is 388. The fourth-order valence-electron chi connectivity index (χ4n) is 3.00. The minimum absolute atomic E-state index is 0.706. The zero-order valence-electron chi connectivity index (χ0n) is 11.9. The van der Waals surface area contributed by atoms with Gasteiger partial charge in [0.2, 0.25) is 0 Å². The van der Waals surface area contributed by atoms with Crippen molar-refractivity contribution in [3.63, 3.8) is 0 Å². The molecule has 1 aromatic rings. The van der Waals surface area contributed by atoms with Gasteiger partial charge in [-0.05, 0) is 49.8 Å². The molecule has 0 amide bonds. The Kier molecular flexibility index (Phi) is 4.49. The van der Waals surface area contributed by atoms with Gasteiger partial charge in [0.15, 0.2) is 0 Å². The lowest BCUT2D eigenvalue weighted by Crippen LogP contribution is -2.38. The van der Waals surface area contributed by atoms with Crippen LogP contribution in [0.25, 0.3) is 0 Å². The summed E-state index contributed by atoms with van der Waals surface area (Å²) < 4.78 is 0. The van der Waals surface area contributed by atoms with Gasteiger partial charge in [0.05, 0.1) is 0 Å². The topological polar surface area (TPSA) is 12.0 Å². The van der Waals surface area contributed by atoms with Crippen LogP contribution < -0.4 is 5.32 Å². The van der Waals surface area contributed by atoms with E-state index in [1.54, 1.807) is 5.56 Å². The van der Waals surface area contributed by atoms with Crippen LogP contribution in [-0.2, 0) is 6.42 Å². The molecule has 1 saturated carbocycles.